The van der Waals surface area contributed by atoms with Crippen LogP contribution in [0.15, 0.2) is 24.3 Å². The van der Waals surface area contributed by atoms with Crippen molar-refractivity contribution in [3.8, 4) is 5.75 Å². The van der Waals surface area contributed by atoms with Gasteiger partial charge in [0, 0.05) is 12.7 Å². The lowest BCUT2D eigenvalue weighted by atomic mass is 9.90. The quantitative estimate of drug-likeness (QED) is 0.429. The molecule has 4 heteroatoms. The molecule has 1 fully saturated rings. The first-order valence-corrected chi connectivity index (χ1v) is 6.94. The summed E-state index contributed by atoms with van der Waals surface area (Å²) < 4.78 is 10.8. The third-order valence-electron chi connectivity index (χ3n) is 3.87. The predicted molar refractivity (Wildman–Crippen MR) is 75.8 cm³/mol. The molecule has 0 spiro atoms. The number of ether oxygens (including phenoxy) is 2. The second-order valence-electron chi connectivity index (χ2n) is 5.22. The Bertz CT molecular complexity index is 393. The summed E-state index contributed by atoms with van der Waals surface area (Å²) in [7, 11) is 1.68. The summed E-state index contributed by atoms with van der Waals surface area (Å²) in [4.78, 5) is 0. The van der Waals surface area contributed by atoms with Crippen LogP contribution in [0.2, 0.25) is 0 Å². The normalized spacial score (nSPS) is 18.1. The maximum absolute atomic E-state index is 5.79. The molecule has 4 nitrogen and oxygen atoms in total. The molecule has 0 amide bonds. The topological polar surface area (TPSA) is 56.5 Å². The Labute approximate surface area is 115 Å². The summed E-state index contributed by atoms with van der Waals surface area (Å²) in [6.45, 7) is 3.41. The Morgan fingerprint density at radius 2 is 2.05 bits per heavy atom. The van der Waals surface area contributed by atoms with E-state index in [0.717, 1.165) is 17.2 Å². The van der Waals surface area contributed by atoms with Crippen LogP contribution in [0.1, 0.15) is 31.4 Å². The highest BCUT2D eigenvalue weighted by Crippen LogP contribution is 2.43. The van der Waals surface area contributed by atoms with Crippen molar-refractivity contribution in [1.82, 2.24) is 5.43 Å². The number of hydrazine groups is 1. The lowest BCUT2D eigenvalue weighted by molar-refractivity contribution is 0.145. The number of para-hydroxylation sites is 1. The van der Waals surface area contributed by atoms with Gasteiger partial charge in [-0.25, -0.2) is 0 Å². The van der Waals surface area contributed by atoms with Crippen LogP contribution in [-0.2, 0) is 4.74 Å². The minimum atomic E-state index is 0.145. The van der Waals surface area contributed by atoms with Gasteiger partial charge in [0.05, 0.1) is 12.6 Å². The first kappa shape index (κ1) is 14.3. The molecule has 0 saturated heterocycles. The third-order valence-corrected chi connectivity index (χ3v) is 3.87. The third kappa shape index (κ3) is 3.69. The number of hydrogen-bond donors (Lipinski definition) is 2. The molecule has 2 rings (SSSR count). The summed E-state index contributed by atoms with van der Waals surface area (Å²) in [5.41, 5.74) is 4.10. The second-order valence-corrected chi connectivity index (χ2v) is 5.22. The van der Waals surface area contributed by atoms with Crippen LogP contribution in [0.25, 0.3) is 0 Å². The molecule has 1 aromatic rings. The van der Waals surface area contributed by atoms with Gasteiger partial charge < -0.3 is 9.47 Å². The molecular weight excluding hydrogens is 240 g/mol. The Morgan fingerprint density at radius 1 is 1.32 bits per heavy atom. The van der Waals surface area contributed by atoms with E-state index in [9.17, 15) is 0 Å². The van der Waals surface area contributed by atoms with Crippen LogP contribution in [0, 0.1) is 11.8 Å². The lowest BCUT2D eigenvalue weighted by Crippen LogP contribution is -2.33. The minimum Gasteiger partial charge on any atom is -0.491 e. The van der Waals surface area contributed by atoms with E-state index in [1.165, 1.54) is 12.8 Å². The van der Waals surface area contributed by atoms with Gasteiger partial charge in [-0.15, -0.1) is 0 Å². The molecule has 0 aliphatic heterocycles. The second kappa shape index (κ2) is 6.89. The first-order valence-electron chi connectivity index (χ1n) is 6.94. The van der Waals surface area contributed by atoms with Crippen molar-refractivity contribution in [3.63, 3.8) is 0 Å². The Hall–Kier alpha value is -1.10. The highest BCUT2D eigenvalue weighted by atomic mass is 16.5. The highest BCUT2D eigenvalue weighted by molar-refractivity contribution is 5.36. The van der Waals surface area contributed by atoms with E-state index in [1.807, 2.05) is 18.2 Å². The fraction of sp³-hybridized carbons (Fsp3) is 0.600. The summed E-state index contributed by atoms with van der Waals surface area (Å²) in [6.07, 6.45) is 2.62. The molecule has 1 saturated carbocycles. The summed E-state index contributed by atoms with van der Waals surface area (Å²) in [5.74, 6) is 7.97. The maximum atomic E-state index is 5.79. The van der Waals surface area contributed by atoms with E-state index >= 15 is 0 Å². The number of rotatable bonds is 8. The molecule has 1 aromatic carbocycles. The SMILES string of the molecule is COCCOc1ccccc1C(NN)C(C)C1CC1. The van der Waals surface area contributed by atoms with Gasteiger partial charge in [0.15, 0.2) is 0 Å². The van der Waals surface area contributed by atoms with Crippen LogP contribution >= 0.6 is 0 Å². The molecule has 106 valence electrons. The van der Waals surface area contributed by atoms with Crippen molar-refractivity contribution in [3.05, 3.63) is 29.8 Å². The molecule has 2 unspecified atom stereocenters. The zero-order valence-corrected chi connectivity index (χ0v) is 11.8. The molecule has 0 heterocycles. The molecule has 2 atom stereocenters. The van der Waals surface area contributed by atoms with Crippen LogP contribution in [0.4, 0.5) is 0 Å². The van der Waals surface area contributed by atoms with Gasteiger partial charge in [0.25, 0.3) is 0 Å². The van der Waals surface area contributed by atoms with Crippen LogP contribution in [0.3, 0.4) is 0 Å². The van der Waals surface area contributed by atoms with Gasteiger partial charge in [0.2, 0.25) is 0 Å². The first-order chi connectivity index (χ1) is 9.27. The number of benzene rings is 1. The molecule has 1 aliphatic rings. The maximum Gasteiger partial charge on any atom is 0.124 e. The van der Waals surface area contributed by atoms with Crippen molar-refractivity contribution < 1.29 is 9.47 Å². The van der Waals surface area contributed by atoms with E-state index in [0.29, 0.717) is 19.1 Å². The summed E-state index contributed by atoms with van der Waals surface area (Å²) in [6, 6.07) is 8.25. The fourth-order valence-electron chi connectivity index (χ4n) is 2.52. The van der Waals surface area contributed by atoms with Gasteiger partial charge >= 0.3 is 0 Å². The van der Waals surface area contributed by atoms with Crippen molar-refractivity contribution in [2.75, 3.05) is 20.3 Å². The van der Waals surface area contributed by atoms with E-state index < -0.39 is 0 Å². The van der Waals surface area contributed by atoms with E-state index in [4.69, 9.17) is 15.3 Å². The number of methoxy groups -OCH3 is 1. The van der Waals surface area contributed by atoms with E-state index in [-0.39, 0.29) is 6.04 Å². The van der Waals surface area contributed by atoms with Crippen molar-refractivity contribution >= 4 is 0 Å². The molecule has 19 heavy (non-hydrogen) atoms. The van der Waals surface area contributed by atoms with Crippen LogP contribution in [0.5, 0.6) is 5.75 Å². The summed E-state index contributed by atoms with van der Waals surface area (Å²) in [5, 5.41) is 0. The molecule has 0 aromatic heterocycles. The van der Waals surface area contributed by atoms with Gasteiger partial charge in [-0.2, -0.15) is 0 Å². The van der Waals surface area contributed by atoms with Gasteiger partial charge in [-0.3, -0.25) is 11.3 Å². The van der Waals surface area contributed by atoms with Gasteiger partial charge in [-0.1, -0.05) is 25.1 Å². The number of hydrogen-bond acceptors (Lipinski definition) is 4. The smallest absolute Gasteiger partial charge is 0.124 e. The van der Waals surface area contributed by atoms with Gasteiger partial charge in [0.1, 0.15) is 12.4 Å². The number of nitrogens with two attached hydrogens (primary N) is 1. The summed E-state index contributed by atoms with van der Waals surface area (Å²) >= 11 is 0. The molecule has 0 bridgehead atoms. The monoisotopic (exact) mass is 264 g/mol. The highest BCUT2D eigenvalue weighted by Gasteiger charge is 2.34. The minimum absolute atomic E-state index is 0.145. The van der Waals surface area contributed by atoms with Crippen LogP contribution < -0.4 is 16.0 Å². The van der Waals surface area contributed by atoms with E-state index in [2.05, 4.69) is 18.4 Å². The molecule has 1 aliphatic carbocycles. The largest absolute Gasteiger partial charge is 0.491 e. The fourth-order valence-corrected chi connectivity index (χ4v) is 2.52. The zero-order valence-electron chi connectivity index (χ0n) is 11.8. The molecule has 3 N–H and O–H groups in total. The van der Waals surface area contributed by atoms with E-state index in [1.54, 1.807) is 7.11 Å². The van der Waals surface area contributed by atoms with Gasteiger partial charge in [-0.05, 0) is 30.7 Å². The van der Waals surface area contributed by atoms with Crippen LogP contribution in [-0.4, -0.2) is 20.3 Å². The van der Waals surface area contributed by atoms with Crippen molar-refractivity contribution in [2.24, 2.45) is 17.7 Å². The Morgan fingerprint density at radius 3 is 2.68 bits per heavy atom. The van der Waals surface area contributed by atoms with Crippen molar-refractivity contribution in [1.29, 1.82) is 0 Å². The average Bonchev–Trinajstić information content (AvgIpc) is 3.26. The average molecular weight is 264 g/mol. The Balaban J connectivity index is 2.11. The standard InChI is InChI=1S/C15H24N2O2/c1-11(12-7-8-12)15(17-16)13-5-3-4-6-14(13)19-10-9-18-2/h3-6,11-12,15,17H,7-10,16H2,1-2H3. The Kier molecular flexibility index (Phi) is 5.19. The van der Waals surface area contributed by atoms with Crippen molar-refractivity contribution in [2.45, 2.75) is 25.8 Å². The lowest BCUT2D eigenvalue weighted by Gasteiger charge is -2.25. The predicted octanol–water partition coefficient (Wildman–Crippen LogP) is 2.26. The molecule has 0 radical (unpaired) electrons. The molecular formula is C15H24N2O2. The zero-order chi connectivity index (χ0) is 13.7. The number of nitrogens with one attached hydrogen (secondary N) is 1.